The number of likely N-dealkylation sites (N-methyl/N-ethyl adjacent to an activating group) is 1. The number of hydrogen-bond acceptors (Lipinski definition) is 8. The maximum absolute atomic E-state index is 12.7. The highest BCUT2D eigenvalue weighted by atomic mass is 31.2. The average Bonchev–Trinajstić information content (AvgIpc) is 3.89. The molecule has 0 aromatic rings. The Morgan fingerprint density at radius 2 is 1.16 bits per heavy atom. The summed E-state index contributed by atoms with van der Waals surface area (Å²) in [5.74, 6) is -0.812. The van der Waals surface area contributed by atoms with E-state index in [2.05, 4.69) is 26.0 Å². The molecule has 1 aliphatic heterocycles. The van der Waals surface area contributed by atoms with Crippen molar-refractivity contribution in [2.45, 2.75) is 212 Å². The third kappa shape index (κ3) is 34.5. The number of allylic oxidation sites excluding steroid dienone is 1. The molecule has 1 aliphatic rings. The molecular weight excluding hydrogens is 717 g/mol. The fourth-order valence-electron chi connectivity index (χ4n) is 6.55. The number of phosphoric acid groups is 1. The minimum absolute atomic E-state index is 0.0291. The second-order valence-electron chi connectivity index (χ2n) is 16.8. The molecular formula is C44H85NO9P+. The summed E-state index contributed by atoms with van der Waals surface area (Å²) in [4.78, 5) is 35.4. The van der Waals surface area contributed by atoms with Crippen LogP contribution >= 0.6 is 7.82 Å². The molecule has 1 heterocycles. The van der Waals surface area contributed by atoms with Gasteiger partial charge in [0, 0.05) is 12.8 Å². The van der Waals surface area contributed by atoms with Crippen molar-refractivity contribution in [3.63, 3.8) is 0 Å². The van der Waals surface area contributed by atoms with Gasteiger partial charge in [0.1, 0.15) is 19.8 Å². The molecule has 0 amide bonds. The van der Waals surface area contributed by atoms with Gasteiger partial charge in [-0.15, -0.1) is 0 Å². The van der Waals surface area contributed by atoms with Crippen molar-refractivity contribution >= 4 is 19.8 Å². The summed E-state index contributed by atoms with van der Waals surface area (Å²) >= 11 is 0. The van der Waals surface area contributed by atoms with Gasteiger partial charge in [-0.2, -0.15) is 0 Å². The molecule has 11 heteroatoms. The van der Waals surface area contributed by atoms with Gasteiger partial charge >= 0.3 is 19.8 Å². The van der Waals surface area contributed by atoms with Gasteiger partial charge in [-0.3, -0.25) is 18.6 Å². The lowest BCUT2D eigenvalue weighted by Crippen LogP contribution is -2.37. The largest absolute Gasteiger partial charge is 0.472 e. The number of esters is 2. The third-order valence-electron chi connectivity index (χ3n) is 10.2. The minimum atomic E-state index is -4.38. The smallest absolute Gasteiger partial charge is 0.462 e. The van der Waals surface area contributed by atoms with Gasteiger partial charge in [0.25, 0.3) is 0 Å². The molecule has 3 unspecified atom stereocenters. The summed E-state index contributed by atoms with van der Waals surface area (Å²) in [6.07, 6.45) is 35.6. The molecule has 0 aromatic heterocycles. The molecule has 1 rings (SSSR count). The van der Waals surface area contributed by atoms with Gasteiger partial charge in [0.2, 0.25) is 0 Å². The Morgan fingerprint density at radius 1 is 0.655 bits per heavy atom. The van der Waals surface area contributed by atoms with E-state index in [-0.39, 0.29) is 32.0 Å². The standard InChI is InChI=1S/C44H84NO9P/c1-6-8-10-11-12-13-14-15-16-17-18-19-23-26-30-34-43(46)50-38-40(39-52-55(48,49)51-37-36-45(3,4)5)53-44(47)35-31-27-24-21-20-22-25-29-33-42-41(54-42)32-28-9-7-2/h25,29,40-42H,6-24,26-28,30-39H2,1-5H3/p+1/b29-25-/t40-,41?,42?/m1/s1. The van der Waals surface area contributed by atoms with Gasteiger partial charge in [-0.1, -0.05) is 154 Å². The topological polar surface area (TPSA) is 121 Å². The summed E-state index contributed by atoms with van der Waals surface area (Å²) in [5, 5.41) is 0. The van der Waals surface area contributed by atoms with Crippen LogP contribution in [-0.2, 0) is 37.4 Å². The normalized spacial score (nSPS) is 17.3. The predicted molar refractivity (Wildman–Crippen MR) is 224 cm³/mol. The van der Waals surface area contributed by atoms with E-state index >= 15 is 0 Å². The fourth-order valence-corrected chi connectivity index (χ4v) is 7.29. The van der Waals surface area contributed by atoms with Crippen molar-refractivity contribution in [1.29, 1.82) is 0 Å². The van der Waals surface area contributed by atoms with Crippen molar-refractivity contribution in [1.82, 2.24) is 0 Å². The second-order valence-corrected chi connectivity index (χ2v) is 18.3. The van der Waals surface area contributed by atoms with E-state index in [0.29, 0.717) is 29.7 Å². The number of carbonyl (C=O) groups excluding carboxylic acids is 2. The first kappa shape index (κ1) is 51.7. The summed E-state index contributed by atoms with van der Waals surface area (Å²) in [5.41, 5.74) is 0. The molecule has 10 nitrogen and oxygen atoms in total. The molecule has 55 heavy (non-hydrogen) atoms. The lowest BCUT2D eigenvalue weighted by Gasteiger charge is -2.24. The highest BCUT2D eigenvalue weighted by Gasteiger charge is 2.36. The maximum Gasteiger partial charge on any atom is 0.472 e. The summed E-state index contributed by atoms with van der Waals surface area (Å²) in [6.45, 7) is 4.39. The van der Waals surface area contributed by atoms with Crippen LogP contribution in [0.3, 0.4) is 0 Å². The Hall–Kier alpha value is -1.29. The van der Waals surface area contributed by atoms with Crippen LogP contribution in [0.2, 0.25) is 0 Å². The van der Waals surface area contributed by atoms with Crippen LogP contribution in [0.4, 0.5) is 0 Å². The molecule has 0 aliphatic carbocycles. The van der Waals surface area contributed by atoms with Crippen LogP contribution in [-0.4, -0.2) is 87.1 Å². The van der Waals surface area contributed by atoms with Crippen LogP contribution in [0.15, 0.2) is 12.2 Å². The van der Waals surface area contributed by atoms with Crippen molar-refractivity contribution < 1.29 is 46.8 Å². The van der Waals surface area contributed by atoms with Gasteiger partial charge in [-0.25, -0.2) is 4.57 Å². The SMILES string of the molecule is CCCCCCCCCCCCCCCCCC(=O)OC[C@H](COP(=O)(O)OCC[N+](C)(C)C)OC(=O)CCCCCCC/C=C\CC1OC1CCCCC. The number of quaternary nitrogens is 1. The summed E-state index contributed by atoms with van der Waals surface area (Å²) in [7, 11) is 1.47. The van der Waals surface area contributed by atoms with Gasteiger partial charge < -0.3 is 23.6 Å². The van der Waals surface area contributed by atoms with Gasteiger partial charge in [0.15, 0.2) is 6.10 Å². The van der Waals surface area contributed by atoms with Gasteiger partial charge in [0.05, 0.1) is 40.0 Å². The Bertz CT molecular complexity index is 1020. The van der Waals surface area contributed by atoms with Crippen LogP contribution in [0.1, 0.15) is 194 Å². The molecule has 0 aromatic carbocycles. The highest BCUT2D eigenvalue weighted by molar-refractivity contribution is 7.47. The highest BCUT2D eigenvalue weighted by Crippen LogP contribution is 2.43. The van der Waals surface area contributed by atoms with E-state index in [0.717, 1.165) is 57.8 Å². The summed E-state index contributed by atoms with van der Waals surface area (Å²) < 4.78 is 40.1. The summed E-state index contributed by atoms with van der Waals surface area (Å²) in [6, 6.07) is 0. The first-order valence-corrected chi connectivity index (χ1v) is 24.0. The first-order valence-electron chi connectivity index (χ1n) is 22.5. The predicted octanol–water partition coefficient (Wildman–Crippen LogP) is 11.6. The number of hydrogen-bond donors (Lipinski definition) is 1. The Balaban J connectivity index is 2.26. The van der Waals surface area contributed by atoms with E-state index in [1.54, 1.807) is 0 Å². The Kier molecular flexibility index (Phi) is 31.7. The van der Waals surface area contributed by atoms with Crippen molar-refractivity contribution in [3.05, 3.63) is 12.2 Å². The van der Waals surface area contributed by atoms with Crippen molar-refractivity contribution in [2.24, 2.45) is 0 Å². The van der Waals surface area contributed by atoms with E-state index in [1.807, 2.05) is 21.1 Å². The van der Waals surface area contributed by atoms with Crippen LogP contribution in [0.25, 0.3) is 0 Å². The molecule has 1 N–H and O–H groups in total. The van der Waals surface area contributed by atoms with E-state index < -0.39 is 26.5 Å². The average molecular weight is 803 g/mol. The van der Waals surface area contributed by atoms with E-state index in [4.69, 9.17) is 23.3 Å². The number of unbranched alkanes of at least 4 members (excludes halogenated alkanes) is 21. The lowest BCUT2D eigenvalue weighted by atomic mass is 10.0. The molecule has 324 valence electrons. The van der Waals surface area contributed by atoms with E-state index in [9.17, 15) is 19.0 Å². The zero-order valence-electron chi connectivity index (χ0n) is 36.1. The molecule has 1 saturated heterocycles. The van der Waals surface area contributed by atoms with Crippen molar-refractivity contribution in [3.8, 4) is 0 Å². The van der Waals surface area contributed by atoms with E-state index in [1.165, 1.54) is 103 Å². The maximum atomic E-state index is 12.7. The quantitative estimate of drug-likeness (QED) is 0.0161. The van der Waals surface area contributed by atoms with Gasteiger partial charge in [-0.05, 0) is 38.5 Å². The van der Waals surface area contributed by atoms with Crippen molar-refractivity contribution in [2.75, 3.05) is 47.5 Å². The molecule has 0 radical (unpaired) electrons. The third-order valence-corrected chi connectivity index (χ3v) is 11.2. The molecule has 0 saturated carbocycles. The first-order chi connectivity index (χ1) is 26.5. The number of ether oxygens (including phenoxy) is 3. The monoisotopic (exact) mass is 803 g/mol. The Morgan fingerprint density at radius 3 is 1.73 bits per heavy atom. The molecule has 0 spiro atoms. The zero-order chi connectivity index (χ0) is 40.5. The molecule has 4 atom stereocenters. The minimum Gasteiger partial charge on any atom is -0.462 e. The number of nitrogens with zero attached hydrogens (tertiary/aromatic N) is 1. The van der Waals surface area contributed by atoms with Crippen LogP contribution in [0.5, 0.6) is 0 Å². The fraction of sp³-hybridized carbons (Fsp3) is 0.909. The van der Waals surface area contributed by atoms with Crippen LogP contribution < -0.4 is 0 Å². The molecule has 0 bridgehead atoms. The van der Waals surface area contributed by atoms with Crippen LogP contribution in [0, 0.1) is 0 Å². The number of rotatable bonds is 40. The zero-order valence-corrected chi connectivity index (χ0v) is 37.0. The molecule has 1 fully saturated rings. The second kappa shape index (κ2) is 33.7. The number of epoxide rings is 1. The Labute approximate surface area is 337 Å². The number of phosphoric ester groups is 1. The lowest BCUT2D eigenvalue weighted by molar-refractivity contribution is -0.870. The number of carbonyl (C=O) groups is 2.